The van der Waals surface area contributed by atoms with Crippen molar-refractivity contribution < 1.29 is 9.59 Å². The van der Waals surface area contributed by atoms with Crippen LogP contribution in [0.1, 0.15) is 36.7 Å². The Bertz CT molecular complexity index is 688. The Morgan fingerprint density at radius 2 is 1.65 bits per heavy atom. The normalized spacial score (nSPS) is 10.9. The van der Waals surface area contributed by atoms with E-state index in [2.05, 4.69) is 10.6 Å². The number of carbonyl (C=O) groups excluding carboxylic acids is 2. The summed E-state index contributed by atoms with van der Waals surface area (Å²) in [4.78, 5) is 24.2. The van der Waals surface area contributed by atoms with Crippen LogP contribution in [0, 0.1) is 5.41 Å². The first-order valence-electron chi connectivity index (χ1n) is 7.60. The highest BCUT2D eigenvalue weighted by atomic mass is 16.2. The summed E-state index contributed by atoms with van der Waals surface area (Å²) in [5, 5.41) is 5.71. The van der Waals surface area contributed by atoms with Crippen molar-refractivity contribution in [3.05, 3.63) is 65.7 Å². The number of benzene rings is 2. The lowest BCUT2D eigenvalue weighted by Crippen LogP contribution is -2.28. The number of anilines is 1. The lowest BCUT2D eigenvalue weighted by atomic mass is 9.95. The zero-order valence-corrected chi connectivity index (χ0v) is 13.7. The maximum Gasteiger partial charge on any atom is 0.251 e. The van der Waals surface area contributed by atoms with Crippen LogP contribution in [0.15, 0.2) is 54.6 Å². The van der Waals surface area contributed by atoms with Crippen molar-refractivity contribution in [2.45, 2.75) is 27.3 Å². The van der Waals surface area contributed by atoms with Gasteiger partial charge in [-0.25, -0.2) is 0 Å². The third-order valence-electron chi connectivity index (χ3n) is 3.36. The number of rotatable bonds is 4. The Balaban J connectivity index is 2.01. The maximum absolute atomic E-state index is 12.2. The molecule has 0 aliphatic rings. The van der Waals surface area contributed by atoms with Gasteiger partial charge in [-0.2, -0.15) is 0 Å². The summed E-state index contributed by atoms with van der Waals surface area (Å²) < 4.78 is 0. The molecular weight excluding hydrogens is 288 g/mol. The van der Waals surface area contributed by atoms with E-state index in [0.29, 0.717) is 17.8 Å². The maximum atomic E-state index is 12.2. The van der Waals surface area contributed by atoms with Crippen molar-refractivity contribution in [2.75, 3.05) is 5.32 Å². The fraction of sp³-hybridized carbons (Fsp3) is 0.263. The Morgan fingerprint density at radius 3 is 2.30 bits per heavy atom. The van der Waals surface area contributed by atoms with Crippen LogP contribution in [-0.4, -0.2) is 11.8 Å². The minimum Gasteiger partial charge on any atom is -0.348 e. The van der Waals surface area contributed by atoms with Crippen LogP contribution in [0.4, 0.5) is 5.69 Å². The lowest BCUT2D eigenvalue weighted by molar-refractivity contribution is -0.123. The zero-order chi connectivity index (χ0) is 16.9. The van der Waals surface area contributed by atoms with Gasteiger partial charge in [-0.3, -0.25) is 9.59 Å². The van der Waals surface area contributed by atoms with E-state index >= 15 is 0 Å². The molecule has 4 nitrogen and oxygen atoms in total. The Labute approximate surface area is 136 Å². The van der Waals surface area contributed by atoms with Crippen LogP contribution >= 0.6 is 0 Å². The smallest absolute Gasteiger partial charge is 0.251 e. The predicted molar refractivity (Wildman–Crippen MR) is 92.1 cm³/mol. The molecule has 2 rings (SSSR count). The molecule has 2 aromatic rings. The van der Waals surface area contributed by atoms with Crippen molar-refractivity contribution in [3.8, 4) is 0 Å². The van der Waals surface area contributed by atoms with Gasteiger partial charge >= 0.3 is 0 Å². The first-order valence-corrected chi connectivity index (χ1v) is 7.60. The average molecular weight is 310 g/mol. The Kier molecular flexibility index (Phi) is 5.16. The molecule has 0 atom stereocenters. The van der Waals surface area contributed by atoms with Gasteiger partial charge in [-0.1, -0.05) is 57.2 Å². The molecule has 0 unspecified atom stereocenters. The van der Waals surface area contributed by atoms with Crippen LogP contribution in [0.25, 0.3) is 0 Å². The lowest BCUT2D eigenvalue weighted by Gasteiger charge is -2.18. The van der Waals surface area contributed by atoms with Crippen molar-refractivity contribution in [1.82, 2.24) is 5.32 Å². The average Bonchev–Trinajstić information content (AvgIpc) is 2.53. The highest BCUT2D eigenvalue weighted by molar-refractivity contribution is 5.98. The van der Waals surface area contributed by atoms with Gasteiger partial charge in [-0.15, -0.1) is 0 Å². The van der Waals surface area contributed by atoms with E-state index < -0.39 is 5.41 Å². The van der Waals surface area contributed by atoms with Crippen LogP contribution in [0.3, 0.4) is 0 Å². The van der Waals surface area contributed by atoms with Crippen LogP contribution < -0.4 is 10.6 Å². The summed E-state index contributed by atoms with van der Waals surface area (Å²) in [7, 11) is 0. The highest BCUT2D eigenvalue weighted by Crippen LogP contribution is 2.18. The fourth-order valence-corrected chi connectivity index (χ4v) is 1.94. The van der Waals surface area contributed by atoms with Crippen molar-refractivity contribution >= 4 is 17.5 Å². The molecule has 0 aliphatic heterocycles. The van der Waals surface area contributed by atoms with E-state index in [-0.39, 0.29) is 11.8 Å². The van der Waals surface area contributed by atoms with E-state index in [0.717, 1.165) is 5.56 Å². The molecule has 0 fully saturated rings. The van der Waals surface area contributed by atoms with Crippen LogP contribution in [-0.2, 0) is 11.3 Å². The molecule has 2 aromatic carbocycles. The minimum atomic E-state index is -0.481. The molecule has 4 heteroatoms. The fourth-order valence-electron chi connectivity index (χ4n) is 1.94. The SMILES string of the molecule is CC(C)(C)C(=O)Nc1cccc(C(=O)NCc2ccccc2)c1. The molecule has 0 saturated heterocycles. The molecule has 120 valence electrons. The molecule has 0 radical (unpaired) electrons. The summed E-state index contributed by atoms with van der Waals surface area (Å²) in [6.45, 7) is 6.01. The van der Waals surface area contributed by atoms with E-state index in [9.17, 15) is 9.59 Å². The molecule has 0 saturated carbocycles. The molecule has 0 aromatic heterocycles. The summed E-state index contributed by atoms with van der Waals surface area (Å²) in [6.07, 6.45) is 0. The van der Waals surface area contributed by atoms with Gasteiger partial charge in [0.25, 0.3) is 5.91 Å². The Morgan fingerprint density at radius 1 is 0.957 bits per heavy atom. The summed E-state index contributed by atoms with van der Waals surface area (Å²) in [5.74, 6) is -0.250. The van der Waals surface area contributed by atoms with Crippen molar-refractivity contribution in [3.63, 3.8) is 0 Å². The second kappa shape index (κ2) is 7.09. The first-order chi connectivity index (χ1) is 10.9. The second-order valence-electron chi connectivity index (χ2n) is 6.45. The predicted octanol–water partition coefficient (Wildman–Crippen LogP) is 3.60. The van der Waals surface area contributed by atoms with E-state index in [1.54, 1.807) is 24.3 Å². The monoisotopic (exact) mass is 310 g/mol. The summed E-state index contributed by atoms with van der Waals surface area (Å²) >= 11 is 0. The first kappa shape index (κ1) is 16.7. The summed E-state index contributed by atoms with van der Waals surface area (Å²) in [5.41, 5.74) is 1.70. The third kappa shape index (κ3) is 4.95. The molecule has 0 aliphatic carbocycles. The molecule has 23 heavy (non-hydrogen) atoms. The molecule has 0 spiro atoms. The minimum absolute atomic E-state index is 0.0839. The number of amides is 2. The quantitative estimate of drug-likeness (QED) is 0.906. The number of carbonyl (C=O) groups is 2. The van der Waals surface area contributed by atoms with Gasteiger partial charge in [0.2, 0.25) is 5.91 Å². The second-order valence-corrected chi connectivity index (χ2v) is 6.45. The van der Waals surface area contributed by atoms with Gasteiger partial charge in [-0.05, 0) is 23.8 Å². The van der Waals surface area contributed by atoms with Gasteiger partial charge in [0, 0.05) is 23.2 Å². The highest BCUT2D eigenvalue weighted by Gasteiger charge is 2.21. The van der Waals surface area contributed by atoms with E-state index in [1.807, 2.05) is 51.1 Å². The zero-order valence-electron chi connectivity index (χ0n) is 13.7. The van der Waals surface area contributed by atoms with Crippen molar-refractivity contribution in [1.29, 1.82) is 0 Å². The van der Waals surface area contributed by atoms with Gasteiger partial charge in [0.15, 0.2) is 0 Å². The molecule has 2 amide bonds. The third-order valence-corrected chi connectivity index (χ3v) is 3.36. The van der Waals surface area contributed by atoms with Crippen molar-refractivity contribution in [2.24, 2.45) is 5.41 Å². The molecule has 0 heterocycles. The van der Waals surface area contributed by atoms with Crippen LogP contribution in [0.5, 0.6) is 0 Å². The van der Waals surface area contributed by atoms with E-state index in [1.165, 1.54) is 0 Å². The summed E-state index contributed by atoms with van der Waals surface area (Å²) in [6, 6.07) is 16.7. The molecule has 2 N–H and O–H groups in total. The number of nitrogens with one attached hydrogen (secondary N) is 2. The largest absolute Gasteiger partial charge is 0.348 e. The van der Waals surface area contributed by atoms with E-state index in [4.69, 9.17) is 0 Å². The topological polar surface area (TPSA) is 58.2 Å². The standard InChI is InChI=1S/C19H22N2O2/c1-19(2,3)18(23)21-16-11-7-10-15(12-16)17(22)20-13-14-8-5-4-6-9-14/h4-12H,13H2,1-3H3,(H,20,22)(H,21,23). The Hall–Kier alpha value is -2.62. The molecule has 0 bridgehead atoms. The van der Waals surface area contributed by atoms with Gasteiger partial charge < -0.3 is 10.6 Å². The van der Waals surface area contributed by atoms with Gasteiger partial charge in [0.1, 0.15) is 0 Å². The van der Waals surface area contributed by atoms with Crippen LogP contribution in [0.2, 0.25) is 0 Å². The number of hydrogen-bond donors (Lipinski definition) is 2. The van der Waals surface area contributed by atoms with Gasteiger partial charge in [0.05, 0.1) is 0 Å². The molecular formula is C19H22N2O2. The number of hydrogen-bond acceptors (Lipinski definition) is 2.